The van der Waals surface area contributed by atoms with Gasteiger partial charge in [-0.25, -0.2) is 9.59 Å². The second-order valence-electron chi connectivity index (χ2n) is 11.5. The van der Waals surface area contributed by atoms with Crippen molar-refractivity contribution in [3.8, 4) is 0 Å². The Balaban J connectivity index is 1.56. The first-order valence-electron chi connectivity index (χ1n) is 13.1. The lowest BCUT2D eigenvalue weighted by atomic mass is 9.73. The lowest BCUT2D eigenvalue weighted by Crippen LogP contribution is -2.22. The van der Waals surface area contributed by atoms with Gasteiger partial charge in [0.15, 0.2) is 0 Å². The van der Waals surface area contributed by atoms with Gasteiger partial charge in [-0.2, -0.15) is 9.98 Å². The molecule has 196 valence electrons. The summed E-state index contributed by atoms with van der Waals surface area (Å²) in [5.41, 5.74) is 7.89. The van der Waals surface area contributed by atoms with E-state index in [1.807, 2.05) is 48.5 Å². The molecule has 0 saturated heterocycles. The van der Waals surface area contributed by atoms with Crippen LogP contribution in [0.2, 0.25) is 0 Å². The molecule has 4 aromatic carbocycles. The number of rotatable bonds is 8. The Morgan fingerprint density at radius 2 is 0.564 bits per heavy atom. The zero-order valence-electron chi connectivity index (χ0n) is 23.4. The lowest BCUT2D eigenvalue weighted by molar-refractivity contribution is 0.564. The average molecular weight is 515 g/mol. The van der Waals surface area contributed by atoms with E-state index in [4.69, 9.17) is 0 Å². The van der Waals surface area contributed by atoms with Gasteiger partial charge in [0.25, 0.3) is 0 Å². The summed E-state index contributed by atoms with van der Waals surface area (Å²) in [7, 11) is 0. The molecule has 0 aliphatic heterocycles. The standard InChI is InChI=1S/C35H34N2O2/c1-33(2,25-7-11-27(12-8-25)34(3,4)29-15-19-31(20-16-29)36-23-38)26-9-13-28(14-10-26)35(5,6)30-17-21-32(22-18-30)37-24-39/h7-22H,1-6H3. The summed E-state index contributed by atoms with van der Waals surface area (Å²) in [5.74, 6) is 0. The predicted molar refractivity (Wildman–Crippen MR) is 158 cm³/mol. The molecule has 4 rings (SSSR count). The molecule has 0 atom stereocenters. The molecular formula is C35H34N2O2. The molecule has 0 spiro atoms. The molecule has 4 aromatic rings. The largest absolute Gasteiger partial charge is 0.240 e. The molecule has 0 unspecified atom stereocenters. The van der Waals surface area contributed by atoms with Crippen molar-refractivity contribution in [2.45, 2.75) is 57.8 Å². The highest BCUT2D eigenvalue weighted by Crippen LogP contribution is 2.38. The number of aliphatic imine (C=N–C) groups is 2. The molecule has 0 aliphatic rings. The summed E-state index contributed by atoms with van der Waals surface area (Å²) in [6.07, 6.45) is 3.18. The Morgan fingerprint density at radius 1 is 0.385 bits per heavy atom. The third-order valence-electron chi connectivity index (χ3n) is 8.18. The summed E-state index contributed by atoms with van der Waals surface area (Å²) in [5, 5.41) is 0. The topological polar surface area (TPSA) is 58.9 Å². The molecule has 0 saturated carbocycles. The maximum absolute atomic E-state index is 10.5. The molecule has 0 bridgehead atoms. The molecule has 0 amide bonds. The molecule has 0 N–H and O–H groups in total. The molecule has 4 heteroatoms. The summed E-state index contributed by atoms with van der Waals surface area (Å²) in [4.78, 5) is 28.5. The van der Waals surface area contributed by atoms with Crippen molar-refractivity contribution in [2.75, 3.05) is 0 Å². The van der Waals surface area contributed by atoms with Crippen molar-refractivity contribution in [2.24, 2.45) is 9.98 Å². The van der Waals surface area contributed by atoms with Crippen LogP contribution in [0.25, 0.3) is 0 Å². The second-order valence-corrected chi connectivity index (χ2v) is 11.5. The van der Waals surface area contributed by atoms with Crippen molar-refractivity contribution in [1.29, 1.82) is 0 Å². The number of hydrogen-bond donors (Lipinski definition) is 0. The van der Waals surface area contributed by atoms with Crippen molar-refractivity contribution >= 4 is 23.5 Å². The number of benzene rings is 4. The van der Waals surface area contributed by atoms with Crippen molar-refractivity contribution in [3.05, 3.63) is 130 Å². The van der Waals surface area contributed by atoms with Crippen LogP contribution in [0.3, 0.4) is 0 Å². The monoisotopic (exact) mass is 514 g/mol. The third kappa shape index (κ3) is 5.59. The maximum Gasteiger partial charge on any atom is 0.240 e. The number of hydrogen-bond acceptors (Lipinski definition) is 4. The Hall–Kier alpha value is -4.36. The molecule has 0 radical (unpaired) electrons. The van der Waals surface area contributed by atoms with Crippen LogP contribution in [0, 0.1) is 0 Å². The maximum atomic E-state index is 10.5. The van der Waals surface area contributed by atoms with Crippen LogP contribution in [0.1, 0.15) is 74.9 Å². The van der Waals surface area contributed by atoms with Gasteiger partial charge in [-0.1, -0.05) is 114 Å². The summed E-state index contributed by atoms with van der Waals surface area (Å²) >= 11 is 0. The second kappa shape index (κ2) is 10.8. The zero-order valence-corrected chi connectivity index (χ0v) is 23.4. The van der Waals surface area contributed by atoms with Crippen molar-refractivity contribution < 1.29 is 9.59 Å². The highest BCUT2D eigenvalue weighted by molar-refractivity contribution is 5.53. The van der Waals surface area contributed by atoms with E-state index >= 15 is 0 Å². The Morgan fingerprint density at radius 3 is 0.744 bits per heavy atom. The Labute approximate surface area is 231 Å². The number of isocyanates is 2. The van der Waals surface area contributed by atoms with E-state index in [9.17, 15) is 9.59 Å². The molecule has 39 heavy (non-hydrogen) atoms. The van der Waals surface area contributed by atoms with Gasteiger partial charge in [0.1, 0.15) is 0 Å². The first kappa shape index (κ1) is 27.7. The minimum atomic E-state index is -0.197. The van der Waals surface area contributed by atoms with Crippen LogP contribution in [0.4, 0.5) is 11.4 Å². The van der Waals surface area contributed by atoms with Gasteiger partial charge < -0.3 is 0 Å². The van der Waals surface area contributed by atoms with Gasteiger partial charge in [-0.15, -0.1) is 0 Å². The first-order chi connectivity index (χ1) is 18.5. The van der Waals surface area contributed by atoms with Gasteiger partial charge >= 0.3 is 0 Å². The fourth-order valence-electron chi connectivity index (χ4n) is 5.12. The summed E-state index contributed by atoms with van der Waals surface area (Å²) < 4.78 is 0. The number of nitrogens with zero attached hydrogens (tertiary/aromatic N) is 2. The Kier molecular flexibility index (Phi) is 7.65. The normalized spacial score (nSPS) is 11.8. The minimum Gasteiger partial charge on any atom is -0.211 e. The molecule has 0 fully saturated rings. The Bertz CT molecular complexity index is 1410. The van der Waals surface area contributed by atoms with Gasteiger partial charge in [-0.05, 0) is 57.6 Å². The number of carbonyl (C=O) groups excluding carboxylic acids is 2. The smallest absolute Gasteiger partial charge is 0.211 e. The fourth-order valence-corrected chi connectivity index (χ4v) is 5.12. The SMILES string of the molecule is CC(C)(c1ccc(N=C=O)cc1)c1ccc(C(C)(C)c2ccc(C(C)(C)c3ccc(N=C=O)cc3)cc2)cc1. The summed E-state index contributed by atoms with van der Waals surface area (Å²) in [6, 6.07) is 33.2. The van der Waals surface area contributed by atoms with E-state index in [-0.39, 0.29) is 16.2 Å². The van der Waals surface area contributed by atoms with Crippen LogP contribution >= 0.6 is 0 Å². The predicted octanol–water partition coefficient (Wildman–Crippen LogP) is 8.60. The van der Waals surface area contributed by atoms with E-state index < -0.39 is 0 Å². The minimum absolute atomic E-state index is 0.172. The van der Waals surface area contributed by atoms with Crippen LogP contribution in [0.15, 0.2) is 107 Å². The third-order valence-corrected chi connectivity index (χ3v) is 8.18. The molecule has 0 aliphatic carbocycles. The quantitative estimate of drug-likeness (QED) is 0.175. The van der Waals surface area contributed by atoms with Crippen LogP contribution in [-0.4, -0.2) is 12.2 Å². The highest BCUT2D eigenvalue weighted by atomic mass is 16.1. The summed E-state index contributed by atoms with van der Waals surface area (Å²) in [6.45, 7) is 13.3. The van der Waals surface area contributed by atoms with E-state index in [0.717, 1.165) is 11.1 Å². The van der Waals surface area contributed by atoms with Gasteiger partial charge in [0, 0.05) is 16.2 Å². The highest BCUT2D eigenvalue weighted by Gasteiger charge is 2.28. The van der Waals surface area contributed by atoms with Crippen molar-refractivity contribution in [3.63, 3.8) is 0 Å². The average Bonchev–Trinajstić information content (AvgIpc) is 2.94. The van der Waals surface area contributed by atoms with Crippen molar-refractivity contribution in [1.82, 2.24) is 0 Å². The van der Waals surface area contributed by atoms with Crippen LogP contribution in [0.5, 0.6) is 0 Å². The zero-order chi connectivity index (χ0) is 28.3. The molecule has 0 heterocycles. The van der Waals surface area contributed by atoms with Gasteiger partial charge in [0.05, 0.1) is 11.4 Å². The first-order valence-corrected chi connectivity index (χ1v) is 13.1. The van der Waals surface area contributed by atoms with E-state index in [0.29, 0.717) is 11.4 Å². The molecule has 0 aromatic heterocycles. The van der Waals surface area contributed by atoms with E-state index in [1.165, 1.54) is 22.3 Å². The van der Waals surface area contributed by atoms with Crippen LogP contribution < -0.4 is 0 Å². The fraction of sp³-hybridized carbons (Fsp3) is 0.257. The van der Waals surface area contributed by atoms with E-state index in [2.05, 4.69) is 100 Å². The van der Waals surface area contributed by atoms with Crippen LogP contribution in [-0.2, 0) is 25.8 Å². The lowest BCUT2D eigenvalue weighted by Gasteiger charge is -2.31. The molecule has 4 nitrogen and oxygen atoms in total. The molecular weight excluding hydrogens is 480 g/mol. The van der Waals surface area contributed by atoms with Gasteiger partial charge in [0.2, 0.25) is 12.2 Å². The van der Waals surface area contributed by atoms with E-state index in [1.54, 1.807) is 12.2 Å². The van der Waals surface area contributed by atoms with Gasteiger partial charge in [-0.3, -0.25) is 0 Å².